The molecule has 0 saturated carbocycles. The summed E-state index contributed by atoms with van der Waals surface area (Å²) in [5, 5.41) is 19.1. The van der Waals surface area contributed by atoms with E-state index in [0.717, 1.165) is 0 Å². The van der Waals surface area contributed by atoms with Crippen LogP contribution in [0.2, 0.25) is 5.02 Å². The number of para-hydroxylation sites is 2. The van der Waals surface area contributed by atoms with Gasteiger partial charge in [0.25, 0.3) is 11.6 Å². The van der Waals surface area contributed by atoms with Gasteiger partial charge in [0, 0.05) is 16.7 Å². The third-order valence-corrected chi connectivity index (χ3v) is 4.42. The Morgan fingerprint density at radius 3 is 2.39 bits per heavy atom. The highest BCUT2D eigenvalue weighted by molar-refractivity contribution is 7.80. The van der Waals surface area contributed by atoms with Crippen LogP contribution >= 0.6 is 58.6 Å². The van der Waals surface area contributed by atoms with E-state index in [1.807, 2.05) is 0 Å². The first-order valence-corrected chi connectivity index (χ1v) is 9.44. The molecule has 0 aliphatic carbocycles. The summed E-state index contributed by atoms with van der Waals surface area (Å²) in [4.78, 5) is 22.9. The zero-order chi connectivity index (χ0) is 20.9. The molecule has 0 bridgehead atoms. The second kappa shape index (κ2) is 9.58. The van der Waals surface area contributed by atoms with Crippen molar-refractivity contribution >= 4 is 81.0 Å². The maximum absolute atomic E-state index is 12.4. The van der Waals surface area contributed by atoms with Crippen LogP contribution in [0.15, 0.2) is 48.5 Å². The second-order valence-corrected chi connectivity index (χ2v) is 8.54. The van der Waals surface area contributed by atoms with E-state index in [2.05, 4.69) is 16.0 Å². The minimum Gasteiger partial charge on any atom is -0.339 e. The topological polar surface area (TPSA) is 96.3 Å². The highest BCUT2D eigenvalue weighted by Gasteiger charge is 2.35. The number of nitrogens with one attached hydrogen (secondary N) is 3. The van der Waals surface area contributed by atoms with E-state index in [1.54, 1.807) is 18.2 Å². The molecule has 1 amide bonds. The summed E-state index contributed by atoms with van der Waals surface area (Å²) >= 11 is 28.8. The summed E-state index contributed by atoms with van der Waals surface area (Å²) < 4.78 is -1.98. The smallest absolute Gasteiger partial charge is 0.292 e. The number of alkyl halides is 3. The summed E-state index contributed by atoms with van der Waals surface area (Å²) in [6.07, 6.45) is -1.24. The number of anilines is 1. The molecule has 0 saturated heterocycles. The van der Waals surface area contributed by atoms with Gasteiger partial charge < -0.3 is 16.0 Å². The number of nitro groups is 1. The molecule has 2 aromatic carbocycles. The van der Waals surface area contributed by atoms with E-state index < -0.39 is 20.8 Å². The monoisotopic (exact) mass is 480 g/mol. The molecule has 0 aromatic heterocycles. The maximum Gasteiger partial charge on any atom is 0.292 e. The van der Waals surface area contributed by atoms with Crippen LogP contribution in [-0.4, -0.2) is 25.9 Å². The standard InChI is InChI=1S/C16H12Cl4N4O3S/c17-10-5-3-4-9(8-10)13(25)22-14(16(18,19)20)23-15(28)21-11-6-1-2-7-12(11)24(26)27/h1-8,14H,(H,22,25)(H2,21,23,28). The average molecular weight is 482 g/mol. The highest BCUT2D eigenvalue weighted by Crippen LogP contribution is 2.30. The Morgan fingerprint density at radius 2 is 1.79 bits per heavy atom. The first-order valence-electron chi connectivity index (χ1n) is 7.52. The molecule has 0 aliphatic heterocycles. The first kappa shape index (κ1) is 22.4. The normalized spacial score (nSPS) is 12.0. The molecule has 0 radical (unpaired) electrons. The minimum absolute atomic E-state index is 0.1000. The van der Waals surface area contributed by atoms with E-state index in [4.69, 9.17) is 58.6 Å². The molecule has 28 heavy (non-hydrogen) atoms. The number of nitro benzene ring substituents is 1. The molecule has 12 heteroatoms. The summed E-state index contributed by atoms with van der Waals surface area (Å²) in [5.74, 6) is -0.570. The lowest BCUT2D eigenvalue weighted by molar-refractivity contribution is -0.383. The lowest BCUT2D eigenvalue weighted by Crippen LogP contribution is -2.56. The summed E-state index contributed by atoms with van der Waals surface area (Å²) in [6, 6.07) is 12.0. The molecule has 0 fully saturated rings. The van der Waals surface area contributed by atoms with E-state index in [9.17, 15) is 14.9 Å². The SMILES string of the molecule is O=C(NC(NC(=S)Nc1ccccc1[N+](=O)[O-])C(Cl)(Cl)Cl)c1cccc(Cl)c1. The fraction of sp³-hybridized carbons (Fsp3) is 0.125. The maximum atomic E-state index is 12.4. The molecule has 0 aliphatic rings. The number of thiocarbonyl (C=S) groups is 1. The van der Waals surface area contributed by atoms with Gasteiger partial charge in [-0.3, -0.25) is 14.9 Å². The Morgan fingerprint density at radius 1 is 1.11 bits per heavy atom. The third-order valence-electron chi connectivity index (χ3n) is 3.31. The van der Waals surface area contributed by atoms with Crippen LogP contribution in [0, 0.1) is 10.1 Å². The van der Waals surface area contributed by atoms with E-state index in [-0.39, 0.29) is 22.1 Å². The van der Waals surface area contributed by atoms with Crippen molar-refractivity contribution in [3.63, 3.8) is 0 Å². The van der Waals surface area contributed by atoms with Crippen molar-refractivity contribution in [2.24, 2.45) is 0 Å². The number of halogens is 4. The van der Waals surface area contributed by atoms with Gasteiger partial charge >= 0.3 is 0 Å². The Balaban J connectivity index is 2.13. The number of hydrogen-bond donors (Lipinski definition) is 3. The van der Waals surface area contributed by atoms with Gasteiger partial charge in [-0.2, -0.15) is 0 Å². The number of carbonyl (C=O) groups excluding carboxylic acids is 1. The largest absolute Gasteiger partial charge is 0.339 e. The van der Waals surface area contributed by atoms with Crippen molar-refractivity contribution in [1.82, 2.24) is 10.6 Å². The van der Waals surface area contributed by atoms with Crippen molar-refractivity contribution in [1.29, 1.82) is 0 Å². The van der Waals surface area contributed by atoms with Crippen LogP contribution in [0.1, 0.15) is 10.4 Å². The van der Waals surface area contributed by atoms with Crippen LogP contribution in [0.5, 0.6) is 0 Å². The molecular weight excluding hydrogens is 470 g/mol. The van der Waals surface area contributed by atoms with Crippen LogP contribution in [-0.2, 0) is 0 Å². The third kappa shape index (κ3) is 6.35. The van der Waals surface area contributed by atoms with Crippen molar-refractivity contribution in [2.75, 3.05) is 5.32 Å². The molecule has 0 spiro atoms. The number of carbonyl (C=O) groups is 1. The predicted octanol–water partition coefficient (Wildman–Crippen LogP) is 4.66. The number of rotatable bonds is 5. The average Bonchev–Trinajstić information content (AvgIpc) is 2.60. The Labute approximate surface area is 185 Å². The van der Waals surface area contributed by atoms with Gasteiger partial charge in [-0.15, -0.1) is 0 Å². The predicted molar refractivity (Wildman–Crippen MR) is 115 cm³/mol. The summed E-state index contributed by atoms with van der Waals surface area (Å²) in [5.41, 5.74) is 0.181. The van der Waals surface area contributed by atoms with Crippen LogP contribution in [0.25, 0.3) is 0 Å². The zero-order valence-electron chi connectivity index (χ0n) is 13.8. The number of benzene rings is 2. The number of amides is 1. The number of nitrogens with zero attached hydrogens (tertiary/aromatic N) is 1. The highest BCUT2D eigenvalue weighted by atomic mass is 35.6. The second-order valence-electron chi connectivity index (χ2n) is 5.33. The zero-order valence-corrected chi connectivity index (χ0v) is 17.6. The fourth-order valence-electron chi connectivity index (χ4n) is 2.07. The summed E-state index contributed by atoms with van der Waals surface area (Å²) in [7, 11) is 0. The van der Waals surface area contributed by atoms with Gasteiger partial charge in [0.15, 0.2) is 5.11 Å². The van der Waals surface area contributed by atoms with Crippen molar-refractivity contribution in [3.05, 3.63) is 69.2 Å². The summed E-state index contributed by atoms with van der Waals surface area (Å²) in [6.45, 7) is 0. The van der Waals surface area contributed by atoms with Gasteiger partial charge in [-0.1, -0.05) is 64.6 Å². The molecule has 2 rings (SSSR count). The Hall–Kier alpha value is -1.84. The van der Waals surface area contributed by atoms with Gasteiger partial charge in [0.1, 0.15) is 11.9 Å². The molecular formula is C16H12Cl4N4O3S. The molecule has 1 unspecified atom stereocenters. The molecule has 3 N–H and O–H groups in total. The number of hydrogen-bond acceptors (Lipinski definition) is 4. The van der Waals surface area contributed by atoms with Gasteiger partial charge in [0.2, 0.25) is 3.79 Å². The first-order chi connectivity index (χ1) is 13.1. The van der Waals surface area contributed by atoms with Crippen LogP contribution in [0.3, 0.4) is 0 Å². The minimum atomic E-state index is -1.98. The van der Waals surface area contributed by atoms with Crippen molar-refractivity contribution in [3.8, 4) is 0 Å². The molecule has 1 atom stereocenters. The molecule has 7 nitrogen and oxygen atoms in total. The van der Waals surface area contributed by atoms with Gasteiger partial charge in [0.05, 0.1) is 4.92 Å². The van der Waals surface area contributed by atoms with Crippen molar-refractivity contribution < 1.29 is 9.72 Å². The van der Waals surface area contributed by atoms with E-state index >= 15 is 0 Å². The molecule has 2 aromatic rings. The van der Waals surface area contributed by atoms with Crippen LogP contribution < -0.4 is 16.0 Å². The van der Waals surface area contributed by atoms with Gasteiger partial charge in [-0.25, -0.2) is 0 Å². The lowest BCUT2D eigenvalue weighted by atomic mass is 10.2. The van der Waals surface area contributed by atoms with E-state index in [0.29, 0.717) is 5.02 Å². The fourth-order valence-corrected chi connectivity index (χ4v) is 2.82. The van der Waals surface area contributed by atoms with Gasteiger partial charge in [-0.05, 0) is 36.5 Å². The quantitative estimate of drug-likeness (QED) is 0.189. The molecule has 148 valence electrons. The lowest BCUT2D eigenvalue weighted by Gasteiger charge is -2.27. The van der Waals surface area contributed by atoms with Crippen LogP contribution in [0.4, 0.5) is 11.4 Å². The Bertz CT molecular complexity index is 907. The Kier molecular flexibility index (Phi) is 7.68. The molecule has 0 heterocycles. The van der Waals surface area contributed by atoms with E-state index in [1.165, 1.54) is 30.3 Å². The van der Waals surface area contributed by atoms with Crippen molar-refractivity contribution in [2.45, 2.75) is 9.96 Å².